The largest absolute Gasteiger partial charge is 0.126 e. The van der Waals surface area contributed by atoms with Gasteiger partial charge in [-0.1, -0.05) is 53.8 Å². The van der Waals surface area contributed by atoms with E-state index in [1.54, 1.807) is 0 Å². The summed E-state index contributed by atoms with van der Waals surface area (Å²) in [4.78, 5) is 0. The number of benzene rings is 1. The van der Waals surface area contributed by atoms with Gasteiger partial charge in [-0.3, -0.25) is 0 Å². The van der Waals surface area contributed by atoms with Crippen LogP contribution in [0.1, 0.15) is 24.0 Å². The first-order chi connectivity index (χ1) is 6.27. The Balaban J connectivity index is 2.78. The SMILES string of the molecule is CC(CI)c1cccc(CCCl)c1. The molecule has 1 aromatic rings. The molecule has 0 heterocycles. The fourth-order valence-electron chi connectivity index (χ4n) is 1.25. The average Bonchev–Trinajstić information content (AvgIpc) is 2.18. The molecule has 0 radical (unpaired) electrons. The van der Waals surface area contributed by atoms with Gasteiger partial charge in [-0.05, 0) is 23.5 Å². The lowest BCUT2D eigenvalue weighted by Crippen LogP contribution is -1.96. The third-order valence-corrected chi connectivity index (χ3v) is 3.64. The van der Waals surface area contributed by atoms with Gasteiger partial charge in [0.2, 0.25) is 0 Å². The summed E-state index contributed by atoms with van der Waals surface area (Å²) in [6, 6.07) is 8.73. The molecule has 0 fully saturated rings. The second kappa shape index (κ2) is 5.86. The minimum Gasteiger partial charge on any atom is -0.126 e. The maximum atomic E-state index is 5.70. The molecule has 0 aliphatic heterocycles. The van der Waals surface area contributed by atoms with Crippen LogP contribution in [0.4, 0.5) is 0 Å². The third kappa shape index (κ3) is 3.47. The highest BCUT2D eigenvalue weighted by atomic mass is 127. The maximum Gasteiger partial charge on any atom is 0.0263 e. The van der Waals surface area contributed by atoms with Crippen LogP contribution in [0.25, 0.3) is 0 Å². The predicted molar refractivity (Wildman–Crippen MR) is 68.2 cm³/mol. The highest BCUT2D eigenvalue weighted by molar-refractivity contribution is 14.1. The summed E-state index contributed by atoms with van der Waals surface area (Å²) in [7, 11) is 0. The molecular weight excluding hydrogens is 294 g/mol. The Morgan fingerprint density at radius 1 is 1.46 bits per heavy atom. The fraction of sp³-hybridized carbons (Fsp3) is 0.455. The number of halogens is 2. The van der Waals surface area contributed by atoms with E-state index in [9.17, 15) is 0 Å². The number of rotatable bonds is 4. The van der Waals surface area contributed by atoms with Crippen LogP contribution < -0.4 is 0 Å². The van der Waals surface area contributed by atoms with E-state index < -0.39 is 0 Å². The first-order valence-electron chi connectivity index (χ1n) is 4.48. The molecule has 1 aromatic carbocycles. The fourth-order valence-corrected chi connectivity index (χ4v) is 1.98. The predicted octanol–water partition coefficient (Wildman–Crippen LogP) is 4.01. The van der Waals surface area contributed by atoms with E-state index in [2.05, 4.69) is 53.8 Å². The van der Waals surface area contributed by atoms with Crippen molar-refractivity contribution in [1.82, 2.24) is 0 Å². The van der Waals surface area contributed by atoms with E-state index in [-0.39, 0.29) is 0 Å². The van der Waals surface area contributed by atoms with Crippen LogP contribution >= 0.6 is 34.2 Å². The molecular formula is C11H14ClI. The molecule has 72 valence electrons. The standard InChI is InChI=1S/C11H14ClI/c1-9(8-13)11-4-2-3-10(7-11)5-6-12/h2-4,7,9H,5-6,8H2,1H3. The zero-order valence-electron chi connectivity index (χ0n) is 7.76. The summed E-state index contributed by atoms with van der Waals surface area (Å²) in [6.45, 7) is 2.26. The Bertz CT molecular complexity index is 260. The lowest BCUT2D eigenvalue weighted by molar-refractivity contribution is 0.890. The first-order valence-corrected chi connectivity index (χ1v) is 6.54. The monoisotopic (exact) mass is 308 g/mol. The van der Waals surface area contributed by atoms with Gasteiger partial charge in [0, 0.05) is 10.3 Å². The van der Waals surface area contributed by atoms with Crippen molar-refractivity contribution in [3.8, 4) is 0 Å². The third-order valence-electron chi connectivity index (χ3n) is 2.13. The van der Waals surface area contributed by atoms with Crippen molar-refractivity contribution in [2.45, 2.75) is 19.3 Å². The van der Waals surface area contributed by atoms with E-state index in [1.807, 2.05) is 0 Å². The second-order valence-electron chi connectivity index (χ2n) is 3.24. The van der Waals surface area contributed by atoms with Gasteiger partial charge >= 0.3 is 0 Å². The van der Waals surface area contributed by atoms with Gasteiger partial charge in [-0.2, -0.15) is 0 Å². The van der Waals surface area contributed by atoms with Crippen molar-refractivity contribution in [3.63, 3.8) is 0 Å². The van der Waals surface area contributed by atoms with E-state index in [4.69, 9.17) is 11.6 Å². The molecule has 1 atom stereocenters. The first kappa shape index (κ1) is 11.3. The molecule has 0 aliphatic carbocycles. The number of hydrogen-bond donors (Lipinski definition) is 0. The summed E-state index contributed by atoms with van der Waals surface area (Å²) in [5.41, 5.74) is 2.78. The van der Waals surface area contributed by atoms with Crippen molar-refractivity contribution in [1.29, 1.82) is 0 Å². The van der Waals surface area contributed by atoms with Gasteiger partial charge in [-0.15, -0.1) is 11.6 Å². The topological polar surface area (TPSA) is 0 Å². The van der Waals surface area contributed by atoms with Gasteiger partial charge in [0.05, 0.1) is 0 Å². The van der Waals surface area contributed by atoms with E-state index in [1.165, 1.54) is 15.6 Å². The molecule has 0 saturated heterocycles. The van der Waals surface area contributed by atoms with Crippen LogP contribution in [0, 0.1) is 0 Å². The molecule has 1 rings (SSSR count). The maximum absolute atomic E-state index is 5.70. The van der Waals surface area contributed by atoms with Crippen molar-refractivity contribution in [2.24, 2.45) is 0 Å². The van der Waals surface area contributed by atoms with Crippen LogP contribution in [0.3, 0.4) is 0 Å². The van der Waals surface area contributed by atoms with E-state index in [0.717, 1.165) is 6.42 Å². The average molecular weight is 309 g/mol. The molecule has 0 N–H and O–H groups in total. The zero-order valence-corrected chi connectivity index (χ0v) is 10.7. The van der Waals surface area contributed by atoms with Crippen molar-refractivity contribution in [3.05, 3.63) is 35.4 Å². The smallest absolute Gasteiger partial charge is 0.0263 e. The van der Waals surface area contributed by atoms with Crippen molar-refractivity contribution >= 4 is 34.2 Å². The minimum atomic E-state index is 0.649. The molecule has 0 saturated carbocycles. The Kier molecular flexibility index (Phi) is 5.10. The summed E-state index contributed by atoms with van der Waals surface area (Å²) in [5.74, 6) is 1.36. The van der Waals surface area contributed by atoms with Gasteiger partial charge in [0.25, 0.3) is 0 Å². The minimum absolute atomic E-state index is 0.649. The molecule has 1 unspecified atom stereocenters. The van der Waals surface area contributed by atoms with Crippen molar-refractivity contribution < 1.29 is 0 Å². The molecule has 0 aliphatic rings. The second-order valence-corrected chi connectivity index (χ2v) is 4.50. The van der Waals surface area contributed by atoms with Crippen LogP contribution in [-0.4, -0.2) is 10.3 Å². The quantitative estimate of drug-likeness (QED) is 0.582. The van der Waals surface area contributed by atoms with E-state index >= 15 is 0 Å². The summed E-state index contributed by atoms with van der Waals surface area (Å²) in [6.07, 6.45) is 0.976. The molecule has 0 bridgehead atoms. The van der Waals surface area contributed by atoms with Crippen LogP contribution in [0.5, 0.6) is 0 Å². The van der Waals surface area contributed by atoms with Crippen molar-refractivity contribution in [2.75, 3.05) is 10.3 Å². The Morgan fingerprint density at radius 3 is 2.85 bits per heavy atom. The molecule has 0 spiro atoms. The Hall–Kier alpha value is 0.240. The Labute approximate surface area is 98.8 Å². The van der Waals surface area contributed by atoms with Crippen LogP contribution in [0.15, 0.2) is 24.3 Å². The lowest BCUT2D eigenvalue weighted by Gasteiger charge is -2.09. The molecule has 13 heavy (non-hydrogen) atoms. The molecule has 2 heteroatoms. The highest BCUT2D eigenvalue weighted by Gasteiger charge is 2.03. The molecule has 0 nitrogen and oxygen atoms in total. The number of alkyl halides is 2. The van der Waals surface area contributed by atoms with Crippen LogP contribution in [-0.2, 0) is 6.42 Å². The van der Waals surface area contributed by atoms with Gasteiger partial charge in [0.1, 0.15) is 0 Å². The van der Waals surface area contributed by atoms with Crippen LogP contribution in [0.2, 0.25) is 0 Å². The van der Waals surface area contributed by atoms with Gasteiger partial charge in [-0.25, -0.2) is 0 Å². The molecule has 0 amide bonds. The van der Waals surface area contributed by atoms with Gasteiger partial charge < -0.3 is 0 Å². The summed E-state index contributed by atoms with van der Waals surface area (Å²) < 4.78 is 1.17. The van der Waals surface area contributed by atoms with E-state index in [0.29, 0.717) is 11.8 Å². The Morgan fingerprint density at radius 2 is 2.23 bits per heavy atom. The lowest BCUT2D eigenvalue weighted by atomic mass is 10.0. The molecule has 0 aromatic heterocycles. The summed E-state index contributed by atoms with van der Waals surface area (Å²) >= 11 is 8.12. The number of aryl methyl sites for hydroxylation is 1. The normalized spacial score (nSPS) is 12.8. The summed E-state index contributed by atoms with van der Waals surface area (Å²) in [5, 5.41) is 0. The zero-order chi connectivity index (χ0) is 9.68. The van der Waals surface area contributed by atoms with Gasteiger partial charge in [0.15, 0.2) is 0 Å². The highest BCUT2D eigenvalue weighted by Crippen LogP contribution is 2.19. The number of hydrogen-bond acceptors (Lipinski definition) is 0.